The van der Waals surface area contributed by atoms with Crippen molar-refractivity contribution in [3.05, 3.63) is 81.0 Å². The zero-order valence-corrected chi connectivity index (χ0v) is 15.2. The summed E-state index contributed by atoms with van der Waals surface area (Å²) in [5.41, 5.74) is 5.34. The summed E-state index contributed by atoms with van der Waals surface area (Å²) >= 11 is 0. The molecule has 2 aromatic carbocycles. The van der Waals surface area contributed by atoms with Gasteiger partial charge in [-0.05, 0) is 30.5 Å². The maximum atomic E-state index is 11.0. The molecule has 0 saturated heterocycles. The van der Waals surface area contributed by atoms with Crippen LogP contribution in [0.2, 0.25) is 0 Å². The Hall–Kier alpha value is -3.33. The molecule has 2 aliphatic heterocycles. The predicted molar refractivity (Wildman–Crippen MR) is 103 cm³/mol. The minimum absolute atomic E-state index is 0.0227. The van der Waals surface area contributed by atoms with E-state index < -0.39 is 0 Å². The zero-order chi connectivity index (χ0) is 19.1. The maximum absolute atomic E-state index is 11.0. The summed E-state index contributed by atoms with van der Waals surface area (Å²) in [5.74, 6) is 0.158. The molecule has 0 bridgehead atoms. The standard InChI is InChI=1S/C21H20N4O2/c1-13-3-8-19-17(9-13)21-18(10-14(11-22)12-24(21)2)20(23-19)15-4-6-16(7-5-15)25(26)27/h3-9,12,18,20-21,23H,10H2,1-2H3/t18-,20+,21+/m0/s1. The predicted octanol–water partition coefficient (Wildman–Crippen LogP) is 4.47. The highest BCUT2D eigenvalue weighted by molar-refractivity contribution is 5.59. The molecule has 136 valence electrons. The molecule has 2 aromatic rings. The second-order valence-corrected chi connectivity index (χ2v) is 7.31. The van der Waals surface area contributed by atoms with Gasteiger partial charge in [0, 0.05) is 42.6 Å². The lowest BCUT2D eigenvalue weighted by Gasteiger charge is -2.47. The Morgan fingerprint density at radius 3 is 2.67 bits per heavy atom. The van der Waals surface area contributed by atoms with Crippen LogP contribution < -0.4 is 5.32 Å². The van der Waals surface area contributed by atoms with Crippen LogP contribution >= 0.6 is 0 Å². The van der Waals surface area contributed by atoms with Crippen molar-refractivity contribution in [1.29, 1.82) is 5.26 Å². The first-order valence-corrected chi connectivity index (χ1v) is 8.92. The van der Waals surface area contributed by atoms with Gasteiger partial charge < -0.3 is 10.2 Å². The van der Waals surface area contributed by atoms with Gasteiger partial charge in [0.15, 0.2) is 0 Å². The van der Waals surface area contributed by atoms with Crippen LogP contribution in [0.15, 0.2) is 54.2 Å². The monoisotopic (exact) mass is 360 g/mol. The number of anilines is 1. The van der Waals surface area contributed by atoms with Crippen molar-refractivity contribution in [3.63, 3.8) is 0 Å². The average Bonchev–Trinajstić information content (AvgIpc) is 2.67. The Bertz CT molecular complexity index is 975. The molecule has 0 fully saturated rings. The van der Waals surface area contributed by atoms with Crippen molar-refractivity contribution < 1.29 is 4.92 Å². The van der Waals surface area contributed by atoms with E-state index in [1.165, 1.54) is 11.1 Å². The van der Waals surface area contributed by atoms with Crippen molar-refractivity contribution in [2.75, 3.05) is 12.4 Å². The number of non-ortho nitro benzene ring substituents is 1. The molecule has 2 aliphatic rings. The lowest BCUT2D eigenvalue weighted by molar-refractivity contribution is -0.384. The van der Waals surface area contributed by atoms with Crippen LogP contribution in [0.1, 0.15) is 35.2 Å². The van der Waals surface area contributed by atoms with Gasteiger partial charge in [-0.1, -0.05) is 29.8 Å². The molecular formula is C21H20N4O2. The number of aryl methyl sites for hydroxylation is 1. The third-order valence-corrected chi connectivity index (χ3v) is 5.53. The number of benzene rings is 2. The molecule has 0 aliphatic carbocycles. The highest BCUT2D eigenvalue weighted by Gasteiger charge is 2.41. The van der Waals surface area contributed by atoms with Crippen molar-refractivity contribution in [2.45, 2.75) is 25.4 Å². The second kappa shape index (κ2) is 6.44. The van der Waals surface area contributed by atoms with E-state index in [9.17, 15) is 15.4 Å². The third-order valence-electron chi connectivity index (χ3n) is 5.53. The number of nitriles is 1. The summed E-state index contributed by atoms with van der Waals surface area (Å²) in [6, 6.07) is 15.5. The molecule has 0 aromatic heterocycles. The van der Waals surface area contributed by atoms with E-state index in [-0.39, 0.29) is 28.6 Å². The Labute approximate surface area is 157 Å². The highest BCUT2D eigenvalue weighted by atomic mass is 16.6. The van der Waals surface area contributed by atoms with E-state index in [1.807, 2.05) is 25.4 Å². The molecule has 0 radical (unpaired) electrons. The molecule has 0 unspecified atom stereocenters. The van der Waals surface area contributed by atoms with Gasteiger partial charge in [-0.15, -0.1) is 0 Å². The highest BCUT2D eigenvalue weighted by Crippen LogP contribution is 2.50. The Morgan fingerprint density at radius 1 is 1.26 bits per heavy atom. The van der Waals surface area contributed by atoms with Gasteiger partial charge in [-0.25, -0.2) is 0 Å². The first-order chi connectivity index (χ1) is 13.0. The Balaban J connectivity index is 1.81. The summed E-state index contributed by atoms with van der Waals surface area (Å²) in [6.45, 7) is 2.08. The zero-order valence-electron chi connectivity index (χ0n) is 15.2. The molecule has 3 atom stereocenters. The number of nitrogens with zero attached hydrogens (tertiary/aromatic N) is 3. The fraction of sp³-hybridized carbons (Fsp3) is 0.286. The number of nitro benzene ring substituents is 1. The van der Waals surface area contributed by atoms with E-state index >= 15 is 0 Å². The molecule has 0 saturated carbocycles. The van der Waals surface area contributed by atoms with Gasteiger partial charge in [0.2, 0.25) is 0 Å². The first-order valence-electron chi connectivity index (χ1n) is 8.92. The summed E-state index contributed by atoms with van der Waals surface area (Å²) in [7, 11) is 2.01. The quantitative estimate of drug-likeness (QED) is 0.631. The fourth-order valence-electron chi connectivity index (χ4n) is 4.34. The number of fused-ring (bicyclic) bond motifs is 3. The SMILES string of the molecule is Cc1ccc2c(c1)[C@@H]1[C@@H](CC(C#N)=CN1C)[C@@H](c1ccc([N+](=O)[O-])cc1)N2. The van der Waals surface area contributed by atoms with Crippen molar-refractivity contribution in [2.24, 2.45) is 5.92 Å². The Morgan fingerprint density at radius 2 is 2.00 bits per heavy atom. The van der Waals surface area contributed by atoms with Crippen LogP contribution in [0.4, 0.5) is 11.4 Å². The number of nitro groups is 1. The van der Waals surface area contributed by atoms with Crippen LogP contribution in [-0.2, 0) is 0 Å². The van der Waals surface area contributed by atoms with Crippen LogP contribution in [0.25, 0.3) is 0 Å². The summed E-state index contributed by atoms with van der Waals surface area (Å²) in [4.78, 5) is 12.7. The molecule has 0 amide bonds. The lowest BCUT2D eigenvalue weighted by atomic mass is 9.74. The minimum atomic E-state index is -0.385. The van der Waals surface area contributed by atoms with E-state index in [4.69, 9.17) is 0 Å². The topological polar surface area (TPSA) is 82.2 Å². The molecule has 27 heavy (non-hydrogen) atoms. The molecule has 4 rings (SSSR count). The van der Waals surface area contributed by atoms with Gasteiger partial charge in [-0.2, -0.15) is 5.26 Å². The van der Waals surface area contributed by atoms with Crippen LogP contribution in [0.3, 0.4) is 0 Å². The Kier molecular flexibility index (Phi) is 4.08. The van der Waals surface area contributed by atoms with Gasteiger partial charge in [-0.3, -0.25) is 10.1 Å². The molecule has 2 heterocycles. The minimum Gasteiger partial charge on any atom is -0.378 e. The lowest BCUT2D eigenvalue weighted by Crippen LogP contribution is -2.40. The molecular weight excluding hydrogens is 340 g/mol. The molecule has 6 heteroatoms. The van der Waals surface area contributed by atoms with Gasteiger partial charge in [0.05, 0.1) is 23.1 Å². The first kappa shape index (κ1) is 17.1. The summed E-state index contributed by atoms with van der Waals surface area (Å²) in [5, 5.41) is 24.0. The van der Waals surface area contributed by atoms with Crippen molar-refractivity contribution in [3.8, 4) is 6.07 Å². The van der Waals surface area contributed by atoms with Gasteiger partial charge >= 0.3 is 0 Å². The van der Waals surface area contributed by atoms with Crippen LogP contribution in [0, 0.1) is 34.3 Å². The van der Waals surface area contributed by atoms with E-state index in [0.29, 0.717) is 6.42 Å². The number of allylic oxidation sites excluding steroid dienone is 1. The van der Waals surface area contributed by atoms with Crippen LogP contribution in [-0.4, -0.2) is 16.9 Å². The third kappa shape index (κ3) is 2.91. The van der Waals surface area contributed by atoms with Crippen molar-refractivity contribution in [1.82, 2.24) is 4.90 Å². The normalized spacial score (nSPS) is 23.4. The van der Waals surface area contributed by atoms with Gasteiger partial charge in [0.25, 0.3) is 5.69 Å². The molecule has 1 N–H and O–H groups in total. The van der Waals surface area contributed by atoms with Gasteiger partial charge in [0.1, 0.15) is 0 Å². The largest absolute Gasteiger partial charge is 0.378 e. The fourth-order valence-corrected chi connectivity index (χ4v) is 4.34. The molecule has 0 spiro atoms. The number of nitrogens with one attached hydrogen (secondary N) is 1. The van der Waals surface area contributed by atoms with E-state index in [1.54, 1.807) is 12.1 Å². The number of hydrogen-bond donors (Lipinski definition) is 1. The smallest absolute Gasteiger partial charge is 0.269 e. The summed E-state index contributed by atoms with van der Waals surface area (Å²) in [6.07, 6.45) is 2.61. The van der Waals surface area contributed by atoms with Crippen molar-refractivity contribution >= 4 is 11.4 Å². The van der Waals surface area contributed by atoms with E-state index in [0.717, 1.165) is 16.8 Å². The summed E-state index contributed by atoms with van der Waals surface area (Å²) < 4.78 is 0. The second-order valence-electron chi connectivity index (χ2n) is 7.31. The number of hydrogen-bond acceptors (Lipinski definition) is 5. The average molecular weight is 360 g/mol. The number of rotatable bonds is 2. The van der Waals surface area contributed by atoms with E-state index in [2.05, 4.69) is 41.4 Å². The maximum Gasteiger partial charge on any atom is 0.269 e. The van der Waals surface area contributed by atoms with Crippen LogP contribution in [0.5, 0.6) is 0 Å². The molecule has 6 nitrogen and oxygen atoms in total.